The van der Waals surface area contributed by atoms with Crippen LogP contribution >= 0.6 is 0 Å². The third-order valence-corrected chi connectivity index (χ3v) is 26.8. The molecule has 2 aliphatic rings. The maximum Gasteiger partial charge on any atom is 4.00 e. The number of hydrogen-bond donors (Lipinski definition) is 0. The van der Waals surface area contributed by atoms with E-state index in [0.29, 0.717) is 11.8 Å². The number of halogens is 2. The van der Waals surface area contributed by atoms with Gasteiger partial charge in [0.05, 0.1) is 0 Å². The monoisotopic (exact) mass is 1090 g/mol. The average Bonchev–Trinajstić information content (AvgIpc) is 4.11. The molecule has 0 N–H and O–H groups in total. The van der Waals surface area contributed by atoms with Crippen LogP contribution in [-0.2, 0) is 26.2 Å². The van der Waals surface area contributed by atoms with Gasteiger partial charge in [-0.15, -0.1) is 0 Å². The molecule has 0 aromatic heterocycles. The molecule has 0 unspecified atom stereocenters. The summed E-state index contributed by atoms with van der Waals surface area (Å²) >= 11 is 0. The van der Waals surface area contributed by atoms with Crippen molar-refractivity contribution >= 4 is 67.2 Å². The minimum Gasteiger partial charge on any atom is -1.00 e. The molecule has 0 saturated heterocycles. The number of benzene rings is 6. The Morgan fingerprint density at radius 1 is 0.357 bits per heavy atom. The van der Waals surface area contributed by atoms with Gasteiger partial charge in [-0.05, 0) is 22.9 Å². The van der Waals surface area contributed by atoms with Gasteiger partial charge in [0.15, 0.2) is 0 Å². The number of rotatable bonds is 12. The molecule has 0 atom stereocenters. The normalized spacial score (nSPS) is 14.1. The summed E-state index contributed by atoms with van der Waals surface area (Å²) in [6.07, 6.45) is 15.6. The Balaban J connectivity index is 0.000000202. The van der Waals surface area contributed by atoms with Crippen molar-refractivity contribution in [1.82, 2.24) is 0 Å². The first-order valence-electron chi connectivity index (χ1n) is 25.6. The van der Waals surface area contributed by atoms with Crippen molar-refractivity contribution in [1.29, 1.82) is 0 Å². The molecule has 2 fully saturated rings. The zero-order valence-corrected chi connectivity index (χ0v) is 49.1. The van der Waals surface area contributed by atoms with E-state index in [1.807, 2.05) is 0 Å². The zero-order valence-electron chi connectivity index (χ0n) is 42.0. The van der Waals surface area contributed by atoms with Crippen LogP contribution in [0.25, 0.3) is 0 Å². The molecule has 0 amide bonds. The van der Waals surface area contributed by atoms with E-state index in [-0.39, 0.29) is 51.0 Å². The van der Waals surface area contributed by atoms with Crippen LogP contribution in [0, 0.1) is 0 Å². The van der Waals surface area contributed by atoms with Crippen LogP contribution in [-0.4, -0.2) is 25.7 Å². The van der Waals surface area contributed by atoms with Crippen molar-refractivity contribution < 1.29 is 51.0 Å². The van der Waals surface area contributed by atoms with Gasteiger partial charge >= 0.3 is 26.2 Å². The zero-order chi connectivity index (χ0) is 46.3. The van der Waals surface area contributed by atoms with E-state index in [2.05, 4.69) is 246 Å². The fraction of sp³-hybridized carbons (Fsp3) is 0.281. The van der Waals surface area contributed by atoms with Crippen LogP contribution in [0.4, 0.5) is 0 Å². The van der Waals surface area contributed by atoms with Gasteiger partial charge in [-0.1, -0.05) is 305 Å². The van der Waals surface area contributed by atoms with E-state index in [0.717, 1.165) is 9.52 Å². The second kappa shape index (κ2) is 28.4. The van der Waals surface area contributed by atoms with Crippen molar-refractivity contribution in [2.75, 3.05) is 0 Å². The van der Waals surface area contributed by atoms with Gasteiger partial charge in [0.25, 0.3) is 0 Å². The van der Waals surface area contributed by atoms with Gasteiger partial charge in [-0.2, -0.15) is 45.8 Å². The molecule has 2 aliphatic carbocycles. The van der Waals surface area contributed by atoms with E-state index in [4.69, 9.17) is 0 Å². The quantitative estimate of drug-likeness (QED) is 0.0833. The topological polar surface area (TPSA) is 0 Å². The van der Waals surface area contributed by atoms with Crippen molar-refractivity contribution in [3.05, 3.63) is 230 Å². The summed E-state index contributed by atoms with van der Waals surface area (Å²) in [6, 6.07) is 80.8. The van der Waals surface area contributed by atoms with Gasteiger partial charge in [0.2, 0.25) is 0 Å². The van der Waals surface area contributed by atoms with E-state index < -0.39 is 16.1 Å². The Morgan fingerprint density at radius 3 is 0.786 bits per heavy atom. The Kier molecular flexibility index (Phi) is 23.1. The largest absolute Gasteiger partial charge is 4.00 e. The fourth-order valence-corrected chi connectivity index (χ4v) is 23.3. The molecule has 70 heavy (non-hydrogen) atoms. The molecule has 359 valence electrons. The van der Waals surface area contributed by atoms with E-state index in [9.17, 15) is 0 Å². The van der Waals surface area contributed by atoms with E-state index in [1.165, 1.54) is 76.5 Å². The standard InChI is InChI=1S/2C26H25Si.C12H23Si.2ClH.Zr/c2*1-21(2)22-18-19-26(20-22)27(23-12-6-3-7-13-23,24-14-8-4-9-15-24)25-16-10-5-11-17-25;1-3-7-11(8-4-1)13-12-9-5-2-6-10-12;;;/h2*3-21H,1-2H3;11-13H,1-10H2;2*1H;/q2*-1;;;;+4/p-2. The molecule has 1 radical (unpaired) electrons. The second-order valence-electron chi connectivity index (χ2n) is 19.9. The van der Waals surface area contributed by atoms with E-state index in [1.54, 1.807) is 51.4 Å². The van der Waals surface area contributed by atoms with Crippen molar-refractivity contribution in [3.63, 3.8) is 0 Å². The molecular formula is C64H73Cl2Si3Zr. The van der Waals surface area contributed by atoms with Crippen LogP contribution in [0.5, 0.6) is 0 Å². The Labute approximate surface area is 458 Å². The predicted molar refractivity (Wildman–Crippen MR) is 300 cm³/mol. The van der Waals surface area contributed by atoms with Crippen molar-refractivity contribution in [3.8, 4) is 0 Å². The molecule has 8 aromatic rings. The Hall–Kier alpha value is -3.87. The van der Waals surface area contributed by atoms with Crippen LogP contribution in [0.3, 0.4) is 0 Å². The van der Waals surface area contributed by atoms with Gasteiger partial charge < -0.3 is 24.8 Å². The summed E-state index contributed by atoms with van der Waals surface area (Å²) in [7, 11) is -3.82. The summed E-state index contributed by atoms with van der Waals surface area (Å²) in [5.74, 6) is 1.07. The summed E-state index contributed by atoms with van der Waals surface area (Å²) < 4.78 is 0. The summed E-state index contributed by atoms with van der Waals surface area (Å²) in [5.41, 5.74) is 5.25. The van der Waals surface area contributed by atoms with Crippen LogP contribution in [0.15, 0.2) is 218 Å². The van der Waals surface area contributed by atoms with Crippen LogP contribution in [0.2, 0.25) is 11.1 Å². The second-order valence-corrected chi connectivity index (χ2v) is 29.7. The van der Waals surface area contributed by atoms with Crippen molar-refractivity contribution in [2.24, 2.45) is 0 Å². The minimum absolute atomic E-state index is 0. The van der Waals surface area contributed by atoms with Gasteiger partial charge in [-0.25, -0.2) is 12.1 Å². The van der Waals surface area contributed by atoms with E-state index >= 15 is 0 Å². The van der Waals surface area contributed by atoms with Gasteiger partial charge in [-0.3, -0.25) is 0 Å². The summed E-state index contributed by atoms with van der Waals surface area (Å²) in [6.45, 7) is 9.09. The molecule has 0 spiro atoms. The molecular weight excluding hydrogens is 1020 g/mol. The Morgan fingerprint density at radius 2 is 0.586 bits per heavy atom. The first kappa shape index (κ1) is 57.0. The maximum absolute atomic E-state index is 2.45. The van der Waals surface area contributed by atoms with Crippen LogP contribution < -0.4 is 66.3 Å². The smallest absolute Gasteiger partial charge is 1.00 e. The molecule has 10 rings (SSSR count). The molecule has 0 heterocycles. The van der Waals surface area contributed by atoms with Gasteiger partial charge in [0.1, 0.15) is 16.1 Å². The molecule has 8 aromatic carbocycles. The van der Waals surface area contributed by atoms with Crippen molar-refractivity contribution in [2.45, 2.75) is 115 Å². The Bertz CT molecular complexity index is 2240. The maximum atomic E-state index is 2.45. The third-order valence-electron chi connectivity index (χ3n) is 14.8. The fourth-order valence-electron chi connectivity index (χ4n) is 11.3. The molecule has 0 bridgehead atoms. The van der Waals surface area contributed by atoms with Gasteiger partial charge in [0, 0.05) is 9.52 Å². The summed E-state index contributed by atoms with van der Waals surface area (Å²) in [4.78, 5) is 0. The summed E-state index contributed by atoms with van der Waals surface area (Å²) in [5, 5.41) is 11.5. The first-order valence-corrected chi connectivity index (χ1v) is 31.0. The third kappa shape index (κ3) is 13.4. The molecule has 0 nitrogen and oxygen atoms in total. The molecule has 0 aliphatic heterocycles. The molecule has 6 heteroatoms. The SMILES string of the molecule is C1CCC([SiH]C2CCCCC2)CC1.CC(C)c1cc([Si](c2ccccc2)(c2ccccc2)c2ccccc2)c[cH-]1.CC(C)c1cc([Si](c2ccccc2)(c2ccccc2)c2ccccc2)c[cH-]1.[Cl-].[Cl-].[Zr+4]. The molecule has 2 saturated carbocycles. The predicted octanol–water partition coefficient (Wildman–Crippen LogP) is 5.75. The average molecular weight is 1090 g/mol. The minimum atomic E-state index is -2.32. The first-order chi connectivity index (χ1) is 32.9. The number of hydrogen-bond acceptors (Lipinski definition) is 0. The van der Waals surface area contributed by atoms with Crippen LogP contribution in [0.1, 0.15) is 115 Å².